The van der Waals surface area contributed by atoms with Gasteiger partial charge in [0.15, 0.2) is 5.78 Å². The van der Waals surface area contributed by atoms with Crippen molar-refractivity contribution in [2.75, 3.05) is 21.3 Å². The number of aliphatic hydroxyl groups excluding tert-OH is 1. The molecule has 0 aliphatic heterocycles. The normalized spacial score (nSPS) is 11.0. The van der Waals surface area contributed by atoms with Crippen LogP contribution in [-0.4, -0.2) is 32.2 Å². The fourth-order valence-electron chi connectivity index (χ4n) is 1.78. The van der Waals surface area contributed by atoms with Gasteiger partial charge in [-0.25, -0.2) is 0 Å². The Morgan fingerprint density at radius 1 is 0.952 bits per heavy atom. The lowest BCUT2D eigenvalue weighted by molar-refractivity contribution is 0.0744. The zero-order chi connectivity index (χ0) is 15.7. The van der Waals surface area contributed by atoms with Crippen LogP contribution in [0, 0.1) is 0 Å². The van der Waals surface area contributed by atoms with Gasteiger partial charge in [0.05, 0.1) is 12.7 Å². The second kappa shape index (κ2) is 8.89. The van der Waals surface area contributed by atoms with Crippen molar-refractivity contribution in [1.29, 1.82) is 0 Å². The van der Waals surface area contributed by atoms with Crippen LogP contribution in [-0.2, 0) is 4.74 Å². The predicted molar refractivity (Wildman–Crippen MR) is 81.7 cm³/mol. The van der Waals surface area contributed by atoms with E-state index in [4.69, 9.17) is 4.74 Å². The Morgan fingerprint density at radius 3 is 2.05 bits per heavy atom. The highest BCUT2D eigenvalue weighted by molar-refractivity contribution is 6.02. The summed E-state index contributed by atoms with van der Waals surface area (Å²) in [6, 6.07) is 15.7. The number of Topliss-reactive ketones (excluding diaryl/α,β-unsaturated/α-hetero) is 1. The summed E-state index contributed by atoms with van der Waals surface area (Å²) in [7, 11) is 4.75. The molecule has 1 N–H and O–H groups in total. The first-order chi connectivity index (χ1) is 10.2. The summed E-state index contributed by atoms with van der Waals surface area (Å²) in [6.07, 6.45) is -1.16. The van der Waals surface area contributed by atoms with Crippen molar-refractivity contribution in [3.8, 4) is 5.75 Å². The van der Waals surface area contributed by atoms with Gasteiger partial charge in [0, 0.05) is 14.2 Å². The van der Waals surface area contributed by atoms with E-state index in [2.05, 4.69) is 4.74 Å². The minimum absolute atomic E-state index is 0.362. The molecular formula is C17H20O4. The van der Waals surface area contributed by atoms with Crippen LogP contribution >= 0.6 is 0 Å². The molecule has 1 atom stereocenters. The first-order valence-electron chi connectivity index (χ1n) is 6.46. The molecule has 0 saturated heterocycles. The van der Waals surface area contributed by atoms with E-state index >= 15 is 0 Å². The summed E-state index contributed by atoms with van der Waals surface area (Å²) in [6.45, 7) is 0. The van der Waals surface area contributed by atoms with Crippen LogP contribution in [0.4, 0.5) is 0 Å². The maximum Gasteiger partial charge on any atom is 0.199 e. The largest absolute Gasteiger partial charge is 0.496 e. The molecule has 2 rings (SSSR count). The van der Waals surface area contributed by atoms with E-state index in [0.717, 1.165) is 0 Å². The lowest BCUT2D eigenvalue weighted by Crippen LogP contribution is -2.13. The standard InChI is InChI=1S/C15H14O3.C2H6O/c1-18-13-10-6-5-9-12(13)15(17)14(16)11-7-3-2-4-8-11;1-3-2/h2-10,14,16H,1H3;1-2H3. The minimum atomic E-state index is -1.16. The fraction of sp³-hybridized carbons (Fsp3) is 0.235. The van der Waals surface area contributed by atoms with Crippen molar-refractivity contribution in [1.82, 2.24) is 0 Å². The topological polar surface area (TPSA) is 55.8 Å². The number of hydrogen-bond donors (Lipinski definition) is 1. The number of methoxy groups -OCH3 is 2. The first-order valence-corrected chi connectivity index (χ1v) is 6.46. The van der Waals surface area contributed by atoms with Gasteiger partial charge < -0.3 is 14.6 Å². The molecule has 2 aromatic rings. The lowest BCUT2D eigenvalue weighted by atomic mass is 9.99. The number of ketones is 1. The van der Waals surface area contributed by atoms with Crippen LogP contribution in [0.25, 0.3) is 0 Å². The number of ether oxygens (including phenoxy) is 2. The van der Waals surface area contributed by atoms with E-state index in [1.807, 2.05) is 6.07 Å². The van der Waals surface area contributed by atoms with E-state index in [1.165, 1.54) is 7.11 Å². The molecule has 0 heterocycles. The SMILES string of the molecule is COC.COc1ccccc1C(=O)C(O)c1ccccc1. The van der Waals surface area contributed by atoms with Gasteiger partial charge in [0.1, 0.15) is 11.9 Å². The molecule has 112 valence electrons. The maximum absolute atomic E-state index is 12.2. The smallest absolute Gasteiger partial charge is 0.199 e. The van der Waals surface area contributed by atoms with Crippen molar-refractivity contribution in [2.24, 2.45) is 0 Å². The van der Waals surface area contributed by atoms with Gasteiger partial charge in [-0.3, -0.25) is 4.79 Å². The molecule has 1 unspecified atom stereocenters. The molecule has 0 amide bonds. The monoisotopic (exact) mass is 288 g/mol. The highest BCUT2D eigenvalue weighted by Crippen LogP contribution is 2.24. The Kier molecular flexibility index (Phi) is 7.15. The number of para-hydroxylation sites is 1. The van der Waals surface area contributed by atoms with Crippen LogP contribution < -0.4 is 4.74 Å². The van der Waals surface area contributed by atoms with Crippen LogP contribution in [0.2, 0.25) is 0 Å². The van der Waals surface area contributed by atoms with Crippen LogP contribution in [0.5, 0.6) is 5.75 Å². The lowest BCUT2D eigenvalue weighted by Gasteiger charge is -2.12. The molecule has 0 bridgehead atoms. The molecule has 4 nitrogen and oxygen atoms in total. The number of carbonyl (C=O) groups is 1. The van der Waals surface area contributed by atoms with Gasteiger partial charge in [-0.2, -0.15) is 0 Å². The molecule has 0 spiro atoms. The first kappa shape index (κ1) is 16.9. The van der Waals surface area contributed by atoms with Gasteiger partial charge >= 0.3 is 0 Å². The fourth-order valence-corrected chi connectivity index (χ4v) is 1.78. The van der Waals surface area contributed by atoms with Crippen molar-refractivity contribution >= 4 is 5.78 Å². The second-order valence-corrected chi connectivity index (χ2v) is 4.29. The van der Waals surface area contributed by atoms with Gasteiger partial charge in [-0.1, -0.05) is 42.5 Å². The van der Waals surface area contributed by atoms with E-state index in [9.17, 15) is 9.90 Å². The molecule has 0 aromatic heterocycles. The Morgan fingerprint density at radius 2 is 1.48 bits per heavy atom. The summed E-state index contributed by atoms with van der Waals surface area (Å²) in [5, 5.41) is 10.1. The molecule has 2 aromatic carbocycles. The maximum atomic E-state index is 12.2. The minimum Gasteiger partial charge on any atom is -0.496 e. The molecule has 21 heavy (non-hydrogen) atoms. The van der Waals surface area contributed by atoms with Gasteiger partial charge in [0.25, 0.3) is 0 Å². The quantitative estimate of drug-likeness (QED) is 0.879. The molecule has 0 saturated carbocycles. The third kappa shape index (κ3) is 4.70. The van der Waals surface area contributed by atoms with Gasteiger partial charge in [0.2, 0.25) is 0 Å². The van der Waals surface area contributed by atoms with E-state index < -0.39 is 6.10 Å². The number of benzene rings is 2. The number of aliphatic hydroxyl groups is 1. The number of carbonyl (C=O) groups excluding carboxylic acids is 1. The molecule has 0 fully saturated rings. The van der Waals surface area contributed by atoms with Crippen molar-refractivity contribution in [3.05, 3.63) is 65.7 Å². The molecular weight excluding hydrogens is 268 g/mol. The number of rotatable bonds is 4. The highest BCUT2D eigenvalue weighted by Gasteiger charge is 2.21. The highest BCUT2D eigenvalue weighted by atomic mass is 16.5. The molecule has 0 aliphatic rings. The Hall–Kier alpha value is -2.17. The van der Waals surface area contributed by atoms with Crippen molar-refractivity contribution in [2.45, 2.75) is 6.10 Å². The summed E-state index contributed by atoms with van der Waals surface area (Å²) >= 11 is 0. The van der Waals surface area contributed by atoms with Gasteiger partial charge in [-0.15, -0.1) is 0 Å². The summed E-state index contributed by atoms with van der Waals surface area (Å²) in [5.41, 5.74) is 0.963. The zero-order valence-corrected chi connectivity index (χ0v) is 12.4. The Bertz CT molecular complexity index is 552. The van der Waals surface area contributed by atoms with Gasteiger partial charge in [-0.05, 0) is 17.7 Å². The zero-order valence-electron chi connectivity index (χ0n) is 12.4. The summed E-state index contributed by atoms with van der Waals surface area (Å²) in [4.78, 5) is 12.2. The van der Waals surface area contributed by atoms with Crippen LogP contribution in [0.1, 0.15) is 22.0 Å². The van der Waals surface area contributed by atoms with E-state index in [0.29, 0.717) is 16.9 Å². The second-order valence-electron chi connectivity index (χ2n) is 4.29. The van der Waals surface area contributed by atoms with Crippen molar-refractivity contribution in [3.63, 3.8) is 0 Å². The van der Waals surface area contributed by atoms with Crippen LogP contribution in [0.15, 0.2) is 54.6 Å². The van der Waals surface area contributed by atoms with Crippen LogP contribution in [0.3, 0.4) is 0 Å². The third-order valence-electron chi connectivity index (χ3n) is 2.74. The Labute approximate surface area is 125 Å². The predicted octanol–water partition coefficient (Wildman–Crippen LogP) is 2.87. The van der Waals surface area contributed by atoms with Crippen molar-refractivity contribution < 1.29 is 19.4 Å². The average Bonchev–Trinajstić information content (AvgIpc) is 2.55. The van der Waals surface area contributed by atoms with E-state index in [-0.39, 0.29) is 5.78 Å². The molecule has 0 aliphatic carbocycles. The third-order valence-corrected chi connectivity index (χ3v) is 2.74. The summed E-state index contributed by atoms with van der Waals surface area (Å²) in [5.74, 6) is 0.108. The number of hydrogen-bond acceptors (Lipinski definition) is 4. The van der Waals surface area contributed by atoms with E-state index in [1.54, 1.807) is 62.8 Å². The molecule has 4 heteroatoms. The Balaban J connectivity index is 0.000000677. The summed E-state index contributed by atoms with van der Waals surface area (Å²) < 4.78 is 9.37. The molecule has 0 radical (unpaired) electrons. The average molecular weight is 288 g/mol.